The van der Waals surface area contributed by atoms with Gasteiger partial charge in [-0.25, -0.2) is 0 Å². The molecule has 118 valence electrons. The maximum Gasteiger partial charge on any atom is 0.139 e. The summed E-state index contributed by atoms with van der Waals surface area (Å²) in [4.78, 5) is 0. The number of halogens is 2. The molecule has 1 heterocycles. The van der Waals surface area contributed by atoms with Crippen molar-refractivity contribution in [2.24, 2.45) is 0 Å². The number of nitrogens with one attached hydrogen (secondary N) is 1. The third-order valence-electron chi connectivity index (χ3n) is 3.35. The molecule has 7 heteroatoms. The highest BCUT2D eigenvalue weighted by Gasteiger charge is 2.18. The summed E-state index contributed by atoms with van der Waals surface area (Å²) < 4.78 is 16.7. The molecule has 1 fully saturated rings. The molecule has 1 aliphatic heterocycles. The molecular formula is C14H19Cl2NO3S. The summed E-state index contributed by atoms with van der Waals surface area (Å²) in [5, 5.41) is 14.2. The van der Waals surface area contributed by atoms with Crippen LogP contribution in [0.1, 0.15) is 12.8 Å². The molecule has 0 amide bonds. The zero-order valence-corrected chi connectivity index (χ0v) is 13.9. The van der Waals surface area contributed by atoms with Crippen LogP contribution in [0.2, 0.25) is 10.0 Å². The second-order valence-corrected chi connectivity index (χ2v) is 7.61. The normalized spacial score (nSPS) is 23.8. The van der Waals surface area contributed by atoms with Gasteiger partial charge >= 0.3 is 0 Å². The highest BCUT2D eigenvalue weighted by Crippen LogP contribution is 2.27. The Morgan fingerprint density at radius 1 is 1.38 bits per heavy atom. The van der Waals surface area contributed by atoms with Crippen LogP contribution in [0, 0.1) is 0 Å². The van der Waals surface area contributed by atoms with Gasteiger partial charge in [-0.2, -0.15) is 0 Å². The molecule has 2 rings (SSSR count). The quantitative estimate of drug-likeness (QED) is 0.824. The summed E-state index contributed by atoms with van der Waals surface area (Å²) in [6.07, 6.45) is 1.15. The van der Waals surface area contributed by atoms with Crippen LogP contribution < -0.4 is 10.1 Å². The van der Waals surface area contributed by atoms with E-state index in [0.29, 0.717) is 28.4 Å². The number of benzene rings is 1. The molecule has 1 aromatic rings. The molecule has 0 aliphatic carbocycles. The second-order valence-electron chi connectivity index (χ2n) is 5.07. The van der Waals surface area contributed by atoms with Crippen molar-refractivity contribution in [3.63, 3.8) is 0 Å². The first-order valence-electron chi connectivity index (χ1n) is 6.89. The van der Waals surface area contributed by atoms with Crippen LogP contribution in [0.4, 0.5) is 0 Å². The first kappa shape index (κ1) is 17.0. The van der Waals surface area contributed by atoms with E-state index in [2.05, 4.69) is 5.32 Å². The highest BCUT2D eigenvalue weighted by molar-refractivity contribution is 7.85. The van der Waals surface area contributed by atoms with Crippen molar-refractivity contribution >= 4 is 34.0 Å². The fourth-order valence-corrected chi connectivity index (χ4v) is 3.77. The molecule has 1 aromatic carbocycles. The zero-order chi connectivity index (χ0) is 15.2. The van der Waals surface area contributed by atoms with Gasteiger partial charge in [0.2, 0.25) is 0 Å². The Morgan fingerprint density at radius 2 is 2.10 bits per heavy atom. The van der Waals surface area contributed by atoms with E-state index in [0.717, 1.165) is 24.3 Å². The van der Waals surface area contributed by atoms with E-state index in [1.165, 1.54) is 0 Å². The third-order valence-corrected chi connectivity index (χ3v) is 5.28. The van der Waals surface area contributed by atoms with Gasteiger partial charge in [0.1, 0.15) is 18.5 Å². The van der Waals surface area contributed by atoms with Gasteiger partial charge in [-0.3, -0.25) is 4.21 Å². The molecule has 0 bridgehead atoms. The molecule has 0 saturated carbocycles. The van der Waals surface area contributed by atoms with Crippen LogP contribution in [0.25, 0.3) is 0 Å². The number of ether oxygens (including phenoxy) is 1. The van der Waals surface area contributed by atoms with Crippen LogP contribution in [0.15, 0.2) is 18.2 Å². The van der Waals surface area contributed by atoms with Gasteiger partial charge in [-0.1, -0.05) is 23.2 Å². The van der Waals surface area contributed by atoms with Gasteiger partial charge in [-0.15, -0.1) is 0 Å². The molecular weight excluding hydrogens is 333 g/mol. The van der Waals surface area contributed by atoms with Crippen LogP contribution in [-0.4, -0.2) is 46.1 Å². The molecule has 0 spiro atoms. The summed E-state index contributed by atoms with van der Waals surface area (Å²) in [6.45, 7) is 0.585. The van der Waals surface area contributed by atoms with Crippen molar-refractivity contribution in [1.82, 2.24) is 5.32 Å². The van der Waals surface area contributed by atoms with E-state index in [1.54, 1.807) is 18.2 Å². The SMILES string of the molecule is O=S1CCC(NCC(O)COc2cc(Cl)ccc2Cl)CC1. The predicted octanol–water partition coefficient (Wildman–Crippen LogP) is 2.23. The van der Waals surface area contributed by atoms with Crippen LogP contribution >= 0.6 is 23.2 Å². The lowest BCUT2D eigenvalue weighted by molar-refractivity contribution is 0.103. The van der Waals surface area contributed by atoms with Gasteiger partial charge in [0.25, 0.3) is 0 Å². The fourth-order valence-electron chi connectivity index (χ4n) is 2.13. The first-order chi connectivity index (χ1) is 10.0. The lowest BCUT2D eigenvalue weighted by atomic mass is 10.1. The van der Waals surface area contributed by atoms with E-state index in [-0.39, 0.29) is 6.61 Å². The standard InChI is InChI=1S/C14H19Cl2NO3S/c15-10-1-2-13(16)14(7-10)20-9-12(18)8-17-11-3-5-21(19)6-4-11/h1-2,7,11-12,17-18H,3-6,8-9H2. The minimum Gasteiger partial charge on any atom is -0.489 e. The van der Waals surface area contributed by atoms with E-state index in [1.807, 2.05) is 0 Å². The minimum atomic E-state index is -0.663. The predicted molar refractivity (Wildman–Crippen MR) is 86.9 cm³/mol. The minimum absolute atomic E-state index is 0.145. The molecule has 1 aliphatic rings. The highest BCUT2D eigenvalue weighted by atomic mass is 35.5. The van der Waals surface area contributed by atoms with Crippen molar-refractivity contribution in [1.29, 1.82) is 0 Å². The third kappa shape index (κ3) is 5.75. The van der Waals surface area contributed by atoms with E-state index < -0.39 is 16.9 Å². The fraction of sp³-hybridized carbons (Fsp3) is 0.571. The number of hydrogen-bond donors (Lipinski definition) is 2. The average molecular weight is 352 g/mol. The molecule has 0 radical (unpaired) electrons. The number of aliphatic hydroxyl groups excluding tert-OH is 1. The summed E-state index contributed by atoms with van der Waals surface area (Å²) in [5.41, 5.74) is 0. The Labute approximate surface area is 137 Å². The van der Waals surface area contributed by atoms with Crippen LogP contribution in [-0.2, 0) is 10.8 Å². The van der Waals surface area contributed by atoms with Crippen molar-refractivity contribution in [2.75, 3.05) is 24.7 Å². The lowest BCUT2D eigenvalue weighted by Crippen LogP contribution is -2.41. The zero-order valence-electron chi connectivity index (χ0n) is 11.6. The number of rotatable bonds is 6. The van der Waals surface area contributed by atoms with Gasteiger partial charge < -0.3 is 15.2 Å². The summed E-state index contributed by atoms with van der Waals surface area (Å²) in [5.74, 6) is 1.95. The maximum absolute atomic E-state index is 11.3. The summed E-state index contributed by atoms with van der Waals surface area (Å²) >= 11 is 11.9. The van der Waals surface area contributed by atoms with Crippen molar-refractivity contribution < 1.29 is 14.1 Å². The molecule has 1 unspecified atom stereocenters. The molecule has 0 aromatic heterocycles. The van der Waals surface area contributed by atoms with E-state index in [9.17, 15) is 9.32 Å². The van der Waals surface area contributed by atoms with Crippen molar-refractivity contribution in [2.45, 2.75) is 25.0 Å². The van der Waals surface area contributed by atoms with E-state index >= 15 is 0 Å². The van der Waals surface area contributed by atoms with Crippen LogP contribution in [0.3, 0.4) is 0 Å². The molecule has 21 heavy (non-hydrogen) atoms. The van der Waals surface area contributed by atoms with Crippen LogP contribution in [0.5, 0.6) is 5.75 Å². The Morgan fingerprint density at radius 3 is 2.81 bits per heavy atom. The smallest absolute Gasteiger partial charge is 0.139 e. The van der Waals surface area contributed by atoms with Gasteiger partial charge in [0, 0.05) is 46.0 Å². The van der Waals surface area contributed by atoms with Crippen molar-refractivity contribution in [3.05, 3.63) is 28.2 Å². The second kappa shape index (κ2) is 8.34. The monoisotopic (exact) mass is 351 g/mol. The van der Waals surface area contributed by atoms with Gasteiger partial charge in [0.15, 0.2) is 0 Å². The van der Waals surface area contributed by atoms with Crippen molar-refractivity contribution in [3.8, 4) is 5.75 Å². The lowest BCUT2D eigenvalue weighted by Gasteiger charge is -2.24. The molecule has 2 N–H and O–H groups in total. The Bertz CT molecular complexity index is 491. The first-order valence-corrected chi connectivity index (χ1v) is 9.13. The Hall–Kier alpha value is -0.330. The molecule has 1 atom stereocenters. The molecule has 1 saturated heterocycles. The van der Waals surface area contributed by atoms with E-state index in [4.69, 9.17) is 27.9 Å². The van der Waals surface area contributed by atoms with Gasteiger partial charge in [-0.05, 0) is 25.0 Å². The van der Waals surface area contributed by atoms with Gasteiger partial charge in [0.05, 0.1) is 5.02 Å². The average Bonchev–Trinajstić information content (AvgIpc) is 2.47. The Kier molecular flexibility index (Phi) is 6.76. The topological polar surface area (TPSA) is 58.6 Å². The number of aliphatic hydroxyl groups is 1. The Balaban J connectivity index is 1.71. The largest absolute Gasteiger partial charge is 0.489 e. The number of hydrogen-bond acceptors (Lipinski definition) is 4. The maximum atomic E-state index is 11.3. The summed E-state index contributed by atoms with van der Waals surface area (Å²) in [6, 6.07) is 5.29. The summed E-state index contributed by atoms with van der Waals surface area (Å²) in [7, 11) is -0.663. The molecule has 4 nitrogen and oxygen atoms in total.